The first-order chi connectivity index (χ1) is 8.05. The van der Waals surface area contributed by atoms with Crippen molar-refractivity contribution in [2.75, 3.05) is 19.6 Å². The van der Waals surface area contributed by atoms with E-state index in [2.05, 4.69) is 41.4 Å². The summed E-state index contributed by atoms with van der Waals surface area (Å²) >= 11 is 1.76. The molecule has 1 aromatic heterocycles. The van der Waals surface area contributed by atoms with Gasteiger partial charge in [-0.2, -0.15) is 0 Å². The van der Waals surface area contributed by atoms with E-state index in [0.29, 0.717) is 11.5 Å². The number of nitrogens with zero attached hydrogens (tertiary/aromatic N) is 2. The van der Waals surface area contributed by atoms with Crippen molar-refractivity contribution in [1.82, 2.24) is 15.2 Å². The van der Waals surface area contributed by atoms with Gasteiger partial charge in [0.25, 0.3) is 0 Å². The highest BCUT2D eigenvalue weighted by Gasteiger charge is 2.28. The van der Waals surface area contributed by atoms with Crippen LogP contribution in [0.25, 0.3) is 0 Å². The quantitative estimate of drug-likeness (QED) is 0.877. The Kier molecular flexibility index (Phi) is 4.17. The summed E-state index contributed by atoms with van der Waals surface area (Å²) in [6, 6.07) is 0.574. The summed E-state index contributed by atoms with van der Waals surface area (Å²) in [5, 5.41) is 6.97. The summed E-state index contributed by atoms with van der Waals surface area (Å²) in [5.74, 6) is 0. The highest BCUT2D eigenvalue weighted by Crippen LogP contribution is 2.22. The van der Waals surface area contributed by atoms with Crippen molar-refractivity contribution in [3.05, 3.63) is 16.6 Å². The largest absolute Gasteiger partial charge is 0.312 e. The summed E-state index contributed by atoms with van der Waals surface area (Å²) in [6.07, 6.45) is 3.13. The minimum atomic E-state index is 0.325. The zero-order chi connectivity index (χ0) is 12.3. The standard InChI is InChI=1S/C13H23N3S/c1-13(2,3)11-9-16(7-4-5-14-11)10-12-15-6-8-17-12/h6,8,11,14H,4-5,7,9-10H2,1-3H3. The van der Waals surface area contributed by atoms with Gasteiger partial charge < -0.3 is 5.32 Å². The van der Waals surface area contributed by atoms with Gasteiger partial charge in [0.05, 0.1) is 6.54 Å². The molecule has 0 saturated carbocycles. The third kappa shape index (κ3) is 3.76. The molecule has 0 radical (unpaired) electrons. The van der Waals surface area contributed by atoms with Crippen LogP contribution in [-0.4, -0.2) is 35.6 Å². The van der Waals surface area contributed by atoms with Gasteiger partial charge in [-0.25, -0.2) is 4.98 Å². The van der Waals surface area contributed by atoms with Crippen LogP contribution in [0, 0.1) is 5.41 Å². The highest BCUT2D eigenvalue weighted by molar-refractivity contribution is 7.09. The highest BCUT2D eigenvalue weighted by atomic mass is 32.1. The lowest BCUT2D eigenvalue weighted by Crippen LogP contribution is -2.46. The lowest BCUT2D eigenvalue weighted by molar-refractivity contribution is 0.192. The van der Waals surface area contributed by atoms with Crippen molar-refractivity contribution >= 4 is 11.3 Å². The van der Waals surface area contributed by atoms with Gasteiger partial charge in [-0.15, -0.1) is 11.3 Å². The van der Waals surface area contributed by atoms with Crippen molar-refractivity contribution in [3.63, 3.8) is 0 Å². The van der Waals surface area contributed by atoms with Crippen molar-refractivity contribution in [2.24, 2.45) is 5.41 Å². The molecule has 4 heteroatoms. The molecule has 0 aliphatic carbocycles. The van der Waals surface area contributed by atoms with Crippen LogP contribution in [-0.2, 0) is 6.54 Å². The number of rotatable bonds is 2. The fourth-order valence-electron chi connectivity index (χ4n) is 2.24. The Bertz CT molecular complexity index is 329. The zero-order valence-corrected chi connectivity index (χ0v) is 11.9. The van der Waals surface area contributed by atoms with Crippen LogP contribution in [0.1, 0.15) is 32.2 Å². The summed E-state index contributed by atoms with van der Waals surface area (Å²) < 4.78 is 0. The van der Waals surface area contributed by atoms with E-state index in [0.717, 1.165) is 19.6 Å². The third-order valence-corrected chi connectivity index (χ3v) is 4.13. The third-order valence-electron chi connectivity index (χ3n) is 3.37. The summed E-state index contributed by atoms with van der Waals surface area (Å²) in [6.45, 7) is 11.4. The maximum Gasteiger partial charge on any atom is 0.107 e. The van der Waals surface area contributed by atoms with Gasteiger partial charge in [0, 0.05) is 24.2 Å². The van der Waals surface area contributed by atoms with Crippen LogP contribution in [0.3, 0.4) is 0 Å². The number of hydrogen-bond donors (Lipinski definition) is 1. The van der Waals surface area contributed by atoms with Crippen molar-refractivity contribution in [3.8, 4) is 0 Å². The second-order valence-electron chi connectivity index (χ2n) is 5.89. The van der Waals surface area contributed by atoms with Crippen LogP contribution >= 0.6 is 11.3 Å². The summed E-state index contributed by atoms with van der Waals surface area (Å²) in [4.78, 5) is 6.92. The van der Waals surface area contributed by atoms with Gasteiger partial charge in [-0.3, -0.25) is 4.90 Å². The molecule has 1 N–H and O–H groups in total. The Hall–Kier alpha value is -0.450. The predicted octanol–water partition coefficient (Wildman–Crippen LogP) is 2.35. The second kappa shape index (κ2) is 5.46. The minimum Gasteiger partial charge on any atom is -0.312 e. The molecule has 0 bridgehead atoms. The first-order valence-electron chi connectivity index (χ1n) is 6.40. The van der Waals surface area contributed by atoms with Gasteiger partial charge in [-0.1, -0.05) is 20.8 Å². The Morgan fingerprint density at radius 1 is 1.53 bits per heavy atom. The Balaban J connectivity index is 1.97. The first kappa shape index (κ1) is 13.0. The number of thiazole rings is 1. The van der Waals surface area contributed by atoms with Gasteiger partial charge in [0.1, 0.15) is 5.01 Å². The molecule has 1 aliphatic rings. The summed E-state index contributed by atoms with van der Waals surface area (Å²) in [7, 11) is 0. The normalized spacial score (nSPS) is 23.6. The summed E-state index contributed by atoms with van der Waals surface area (Å²) in [5.41, 5.74) is 0.325. The number of nitrogens with one attached hydrogen (secondary N) is 1. The molecule has 1 aromatic rings. The fourth-order valence-corrected chi connectivity index (χ4v) is 2.90. The van der Waals surface area contributed by atoms with Crippen molar-refractivity contribution < 1.29 is 0 Å². The maximum atomic E-state index is 4.38. The SMILES string of the molecule is CC(C)(C)C1CN(Cc2nccs2)CCCN1. The van der Waals surface area contributed by atoms with Crippen LogP contribution in [0.15, 0.2) is 11.6 Å². The van der Waals surface area contributed by atoms with Gasteiger partial charge in [-0.05, 0) is 24.9 Å². The predicted molar refractivity (Wildman–Crippen MR) is 73.3 cm³/mol. The minimum absolute atomic E-state index is 0.325. The Morgan fingerprint density at radius 3 is 3.00 bits per heavy atom. The first-order valence-corrected chi connectivity index (χ1v) is 7.28. The molecule has 1 saturated heterocycles. The molecule has 0 spiro atoms. The molecule has 0 amide bonds. The van der Waals surface area contributed by atoms with Crippen LogP contribution < -0.4 is 5.32 Å². The van der Waals surface area contributed by atoms with E-state index in [4.69, 9.17) is 0 Å². The van der Waals surface area contributed by atoms with Crippen LogP contribution in [0.2, 0.25) is 0 Å². The average molecular weight is 253 g/mol. The molecule has 1 aliphatic heterocycles. The molecule has 17 heavy (non-hydrogen) atoms. The van der Waals surface area contributed by atoms with E-state index < -0.39 is 0 Å². The smallest absolute Gasteiger partial charge is 0.107 e. The van der Waals surface area contributed by atoms with Gasteiger partial charge in [0.15, 0.2) is 0 Å². The molecular formula is C13H23N3S. The lowest BCUT2D eigenvalue weighted by Gasteiger charge is -2.33. The van der Waals surface area contributed by atoms with E-state index in [-0.39, 0.29) is 0 Å². The molecule has 1 unspecified atom stereocenters. The molecule has 0 aromatic carbocycles. The van der Waals surface area contributed by atoms with Crippen molar-refractivity contribution in [1.29, 1.82) is 0 Å². The second-order valence-corrected chi connectivity index (χ2v) is 6.87. The van der Waals surface area contributed by atoms with E-state index in [9.17, 15) is 0 Å². The number of hydrogen-bond acceptors (Lipinski definition) is 4. The van der Waals surface area contributed by atoms with E-state index >= 15 is 0 Å². The van der Waals surface area contributed by atoms with Crippen LogP contribution in [0.5, 0.6) is 0 Å². The Labute approximate surface area is 108 Å². The van der Waals surface area contributed by atoms with Crippen molar-refractivity contribution in [2.45, 2.75) is 39.8 Å². The molecule has 3 nitrogen and oxygen atoms in total. The molecule has 2 rings (SSSR count). The zero-order valence-electron chi connectivity index (χ0n) is 11.1. The van der Waals surface area contributed by atoms with Crippen LogP contribution in [0.4, 0.5) is 0 Å². The van der Waals surface area contributed by atoms with Gasteiger partial charge in [0.2, 0.25) is 0 Å². The lowest BCUT2D eigenvalue weighted by atomic mass is 9.86. The molecule has 1 fully saturated rings. The van der Waals surface area contributed by atoms with E-state index in [1.54, 1.807) is 11.3 Å². The molecule has 1 atom stereocenters. The van der Waals surface area contributed by atoms with E-state index in [1.807, 2.05) is 6.20 Å². The monoisotopic (exact) mass is 253 g/mol. The molecular weight excluding hydrogens is 230 g/mol. The maximum absolute atomic E-state index is 4.38. The topological polar surface area (TPSA) is 28.2 Å². The number of aromatic nitrogens is 1. The molecule has 2 heterocycles. The van der Waals surface area contributed by atoms with E-state index in [1.165, 1.54) is 18.0 Å². The Morgan fingerprint density at radius 2 is 2.35 bits per heavy atom. The fraction of sp³-hybridized carbons (Fsp3) is 0.769. The molecule has 96 valence electrons. The average Bonchev–Trinajstić information content (AvgIpc) is 2.61. The van der Waals surface area contributed by atoms with Gasteiger partial charge >= 0.3 is 0 Å².